The average Bonchev–Trinajstić information content (AvgIpc) is 3.31. The van der Waals surface area contributed by atoms with Gasteiger partial charge < -0.3 is 15.4 Å². The van der Waals surface area contributed by atoms with Crippen molar-refractivity contribution in [1.29, 1.82) is 0 Å². The Morgan fingerprint density at radius 3 is 2.56 bits per heavy atom. The summed E-state index contributed by atoms with van der Waals surface area (Å²) in [4.78, 5) is 7.32. The molecule has 1 aliphatic carbocycles. The number of hydrogen-bond donors (Lipinski definition) is 2. The van der Waals surface area contributed by atoms with Gasteiger partial charge in [0.25, 0.3) is 0 Å². The fourth-order valence-corrected chi connectivity index (χ4v) is 5.84. The van der Waals surface area contributed by atoms with Gasteiger partial charge in [-0.15, -0.1) is 0 Å². The van der Waals surface area contributed by atoms with E-state index in [1.165, 1.54) is 31.9 Å². The molecule has 3 rings (SSSR count). The molecule has 27 heavy (non-hydrogen) atoms. The molecule has 2 saturated heterocycles. The number of guanidine groups is 1. The van der Waals surface area contributed by atoms with Crippen LogP contribution < -0.4 is 10.6 Å². The predicted molar refractivity (Wildman–Crippen MR) is 109 cm³/mol. The summed E-state index contributed by atoms with van der Waals surface area (Å²) in [5.41, 5.74) is 0. The summed E-state index contributed by atoms with van der Waals surface area (Å²) in [6.45, 7) is 6.28. The Morgan fingerprint density at radius 2 is 1.93 bits per heavy atom. The molecule has 1 saturated carbocycles. The lowest BCUT2D eigenvalue weighted by Gasteiger charge is -2.34. The van der Waals surface area contributed by atoms with E-state index in [2.05, 4.69) is 15.5 Å². The summed E-state index contributed by atoms with van der Waals surface area (Å²) in [5, 5.41) is 6.85. The van der Waals surface area contributed by atoms with Crippen molar-refractivity contribution in [2.45, 2.75) is 68.7 Å². The Kier molecular flexibility index (Phi) is 7.03. The number of nitrogens with one attached hydrogen (secondary N) is 2. The molecule has 2 N–H and O–H groups in total. The SMILES string of the molecule is CCNC(=NCC1(S(C)(=O)=O)CCOCC1)NC1CCN(C2CCCC2)C1. The van der Waals surface area contributed by atoms with Crippen LogP contribution in [0.1, 0.15) is 51.9 Å². The third-order valence-corrected chi connectivity index (χ3v) is 8.57. The molecule has 0 radical (unpaired) electrons. The van der Waals surface area contributed by atoms with Crippen LogP contribution in [0.5, 0.6) is 0 Å². The van der Waals surface area contributed by atoms with Gasteiger partial charge in [0, 0.05) is 51.2 Å². The van der Waals surface area contributed by atoms with Crippen molar-refractivity contribution in [2.24, 2.45) is 4.99 Å². The molecule has 3 fully saturated rings. The van der Waals surface area contributed by atoms with Crippen LogP contribution in [0.25, 0.3) is 0 Å². The minimum atomic E-state index is -3.20. The second-order valence-corrected chi connectivity index (χ2v) is 10.7. The summed E-state index contributed by atoms with van der Waals surface area (Å²) < 4.78 is 29.5. The molecule has 0 aromatic heterocycles. The van der Waals surface area contributed by atoms with Gasteiger partial charge in [-0.3, -0.25) is 9.89 Å². The van der Waals surface area contributed by atoms with E-state index in [0.717, 1.165) is 38.1 Å². The lowest BCUT2D eigenvalue weighted by Crippen LogP contribution is -2.49. The summed E-state index contributed by atoms with van der Waals surface area (Å²) in [6.07, 6.45) is 8.89. The second-order valence-electron chi connectivity index (χ2n) is 8.33. The van der Waals surface area contributed by atoms with Gasteiger partial charge in [-0.25, -0.2) is 8.42 Å². The maximum atomic E-state index is 12.4. The monoisotopic (exact) mass is 400 g/mol. The molecular weight excluding hydrogens is 364 g/mol. The van der Waals surface area contributed by atoms with E-state index in [-0.39, 0.29) is 0 Å². The highest BCUT2D eigenvalue weighted by atomic mass is 32.2. The van der Waals surface area contributed by atoms with Crippen LogP contribution in [0.3, 0.4) is 0 Å². The number of nitrogens with zero attached hydrogens (tertiary/aromatic N) is 2. The Labute approximate surface area is 164 Å². The first kappa shape index (κ1) is 20.9. The highest BCUT2D eigenvalue weighted by Gasteiger charge is 2.42. The van der Waals surface area contributed by atoms with E-state index in [4.69, 9.17) is 9.73 Å². The molecule has 0 bridgehead atoms. The Hall–Kier alpha value is -0.860. The van der Waals surface area contributed by atoms with Gasteiger partial charge in [-0.2, -0.15) is 0 Å². The molecule has 0 amide bonds. The fourth-order valence-electron chi connectivity index (χ4n) is 4.63. The maximum absolute atomic E-state index is 12.4. The van der Waals surface area contributed by atoms with Gasteiger partial charge in [0.05, 0.1) is 11.3 Å². The molecule has 2 heterocycles. The van der Waals surface area contributed by atoms with Crippen molar-refractivity contribution in [3.8, 4) is 0 Å². The largest absolute Gasteiger partial charge is 0.381 e. The molecule has 7 nitrogen and oxygen atoms in total. The van der Waals surface area contributed by atoms with E-state index >= 15 is 0 Å². The van der Waals surface area contributed by atoms with Crippen LogP contribution in [-0.4, -0.2) is 81.8 Å². The van der Waals surface area contributed by atoms with Gasteiger partial charge >= 0.3 is 0 Å². The van der Waals surface area contributed by atoms with Crippen molar-refractivity contribution in [3.63, 3.8) is 0 Å². The summed E-state index contributed by atoms with van der Waals surface area (Å²) in [7, 11) is -3.20. The normalized spacial score (nSPS) is 27.8. The summed E-state index contributed by atoms with van der Waals surface area (Å²) in [6, 6.07) is 1.14. The molecule has 2 aliphatic heterocycles. The number of rotatable bonds is 6. The number of hydrogen-bond acceptors (Lipinski definition) is 5. The molecule has 1 atom stereocenters. The average molecular weight is 401 g/mol. The summed E-state index contributed by atoms with van der Waals surface area (Å²) >= 11 is 0. The lowest BCUT2D eigenvalue weighted by atomic mass is 9.99. The standard InChI is InChI=1S/C19H36N4O3S/c1-3-20-18(21-15-19(27(2,24)25)9-12-26-13-10-19)22-16-8-11-23(14-16)17-6-4-5-7-17/h16-17H,3-15H2,1-2H3,(H2,20,21,22). The third-order valence-electron chi connectivity index (χ3n) is 6.46. The predicted octanol–water partition coefficient (Wildman–Crippen LogP) is 1.15. The molecule has 156 valence electrons. The zero-order valence-corrected chi connectivity index (χ0v) is 17.7. The summed E-state index contributed by atoms with van der Waals surface area (Å²) in [5.74, 6) is 0.741. The zero-order chi connectivity index (χ0) is 19.3. The second kappa shape index (κ2) is 9.09. The molecular formula is C19H36N4O3S. The van der Waals surface area contributed by atoms with Crippen molar-refractivity contribution in [1.82, 2.24) is 15.5 Å². The number of sulfone groups is 1. The van der Waals surface area contributed by atoms with Crippen LogP contribution in [0.4, 0.5) is 0 Å². The highest BCUT2D eigenvalue weighted by Crippen LogP contribution is 2.30. The zero-order valence-electron chi connectivity index (χ0n) is 16.9. The van der Waals surface area contributed by atoms with Gasteiger partial charge in [0.1, 0.15) is 0 Å². The van der Waals surface area contributed by atoms with E-state index in [9.17, 15) is 8.42 Å². The number of likely N-dealkylation sites (tertiary alicyclic amines) is 1. The number of ether oxygens (including phenoxy) is 1. The van der Waals surface area contributed by atoms with E-state index in [0.29, 0.717) is 38.6 Å². The lowest BCUT2D eigenvalue weighted by molar-refractivity contribution is 0.0768. The van der Waals surface area contributed by atoms with E-state index in [1.54, 1.807) is 0 Å². The van der Waals surface area contributed by atoms with E-state index < -0.39 is 14.6 Å². The quantitative estimate of drug-likeness (QED) is 0.514. The van der Waals surface area contributed by atoms with Crippen LogP contribution in [0, 0.1) is 0 Å². The van der Waals surface area contributed by atoms with Crippen molar-refractivity contribution < 1.29 is 13.2 Å². The Morgan fingerprint density at radius 1 is 1.22 bits per heavy atom. The van der Waals surface area contributed by atoms with Crippen LogP contribution in [0.15, 0.2) is 4.99 Å². The number of aliphatic imine (C=N–C) groups is 1. The maximum Gasteiger partial charge on any atom is 0.191 e. The molecule has 0 spiro atoms. The van der Waals surface area contributed by atoms with E-state index in [1.807, 2.05) is 6.92 Å². The van der Waals surface area contributed by atoms with Crippen molar-refractivity contribution in [3.05, 3.63) is 0 Å². The molecule has 1 unspecified atom stereocenters. The van der Waals surface area contributed by atoms with Crippen molar-refractivity contribution >= 4 is 15.8 Å². The Balaban J connectivity index is 1.62. The smallest absolute Gasteiger partial charge is 0.191 e. The Bertz CT molecular complexity index is 610. The van der Waals surface area contributed by atoms with Gasteiger partial charge in [0.15, 0.2) is 15.8 Å². The van der Waals surface area contributed by atoms with Crippen molar-refractivity contribution in [2.75, 3.05) is 45.6 Å². The minimum Gasteiger partial charge on any atom is -0.381 e. The molecule has 8 heteroatoms. The highest BCUT2D eigenvalue weighted by molar-refractivity contribution is 7.92. The first-order chi connectivity index (χ1) is 12.9. The third kappa shape index (κ3) is 5.15. The van der Waals surface area contributed by atoms with Crippen LogP contribution >= 0.6 is 0 Å². The molecule has 0 aromatic carbocycles. The van der Waals surface area contributed by atoms with Crippen LogP contribution in [0.2, 0.25) is 0 Å². The van der Waals surface area contributed by atoms with Gasteiger partial charge in [0.2, 0.25) is 0 Å². The fraction of sp³-hybridized carbons (Fsp3) is 0.947. The molecule has 0 aromatic rings. The van der Waals surface area contributed by atoms with Gasteiger partial charge in [-0.1, -0.05) is 12.8 Å². The minimum absolute atomic E-state index is 0.295. The first-order valence-electron chi connectivity index (χ1n) is 10.5. The van der Waals surface area contributed by atoms with Crippen LogP contribution in [-0.2, 0) is 14.6 Å². The topological polar surface area (TPSA) is 83.0 Å². The molecule has 3 aliphatic rings. The van der Waals surface area contributed by atoms with Gasteiger partial charge in [-0.05, 0) is 39.0 Å². The first-order valence-corrected chi connectivity index (χ1v) is 12.4.